The van der Waals surface area contributed by atoms with E-state index in [-0.39, 0.29) is 11.7 Å². The van der Waals surface area contributed by atoms with Crippen LogP contribution in [0.1, 0.15) is 15.9 Å². The quantitative estimate of drug-likeness (QED) is 0.624. The van der Waals surface area contributed by atoms with Crippen molar-refractivity contribution in [3.05, 3.63) is 65.6 Å². The number of anilines is 2. The Kier molecular flexibility index (Phi) is 4.97. The molecule has 8 heteroatoms. The second-order valence-electron chi connectivity index (χ2n) is 8.02. The minimum atomic E-state index is -0.617. The normalized spacial score (nSPS) is 15.5. The van der Waals surface area contributed by atoms with Gasteiger partial charge in [-0.3, -0.25) is 9.80 Å². The van der Waals surface area contributed by atoms with Crippen LogP contribution in [0.3, 0.4) is 0 Å². The zero-order valence-corrected chi connectivity index (χ0v) is 17.7. The summed E-state index contributed by atoms with van der Waals surface area (Å²) in [6.45, 7) is 2.26. The first kappa shape index (κ1) is 20.0. The molecule has 7 nitrogen and oxygen atoms in total. The van der Waals surface area contributed by atoms with E-state index in [9.17, 15) is 9.18 Å². The highest BCUT2D eigenvalue weighted by molar-refractivity contribution is 5.97. The molecule has 3 heterocycles. The fourth-order valence-corrected chi connectivity index (χ4v) is 4.06. The van der Waals surface area contributed by atoms with Gasteiger partial charge in [0, 0.05) is 36.8 Å². The molecule has 0 saturated heterocycles. The van der Waals surface area contributed by atoms with Crippen LogP contribution >= 0.6 is 0 Å². The molecule has 2 aliphatic rings. The summed E-state index contributed by atoms with van der Waals surface area (Å²) in [6, 6.07) is 14.8. The summed E-state index contributed by atoms with van der Waals surface area (Å²) in [7, 11) is 1.98. The van der Waals surface area contributed by atoms with Crippen molar-refractivity contribution >= 4 is 23.8 Å². The molecular weight excluding hydrogens is 407 g/mol. The smallest absolute Gasteiger partial charge is 0.251 e. The number of hydrogen-bond donors (Lipinski definition) is 2. The molecule has 0 fully saturated rings. The van der Waals surface area contributed by atoms with Crippen LogP contribution in [0, 0.1) is 5.95 Å². The largest absolute Gasteiger partial charge is 0.383 e. The number of hydrazone groups is 1. The number of hydrogen-bond acceptors (Lipinski definition) is 6. The van der Waals surface area contributed by atoms with Gasteiger partial charge in [-0.1, -0.05) is 24.3 Å². The lowest BCUT2D eigenvalue weighted by molar-refractivity contribution is 0.0946. The Bertz CT molecular complexity index is 1220. The van der Waals surface area contributed by atoms with Crippen molar-refractivity contribution in [2.75, 3.05) is 37.4 Å². The van der Waals surface area contributed by atoms with Gasteiger partial charge in [-0.2, -0.15) is 9.49 Å². The molecule has 0 unspecified atom stereocenters. The fourth-order valence-electron chi connectivity index (χ4n) is 4.06. The number of fused-ring (bicyclic) bond motifs is 1. The first-order valence-electron chi connectivity index (χ1n) is 10.5. The molecule has 3 N–H and O–H groups in total. The highest BCUT2D eigenvalue weighted by Gasteiger charge is 2.19. The molecule has 2 aromatic carbocycles. The van der Waals surface area contributed by atoms with E-state index < -0.39 is 5.95 Å². The number of likely N-dealkylation sites (N-methyl/N-ethyl adjacent to an activating group) is 1. The van der Waals surface area contributed by atoms with Crippen molar-refractivity contribution in [2.45, 2.75) is 6.42 Å². The predicted molar refractivity (Wildman–Crippen MR) is 124 cm³/mol. The summed E-state index contributed by atoms with van der Waals surface area (Å²) < 4.78 is 14.8. The third-order valence-corrected chi connectivity index (χ3v) is 5.88. The van der Waals surface area contributed by atoms with Crippen LogP contribution in [0.15, 0.2) is 53.6 Å². The zero-order valence-electron chi connectivity index (χ0n) is 17.7. The van der Waals surface area contributed by atoms with Crippen LogP contribution in [0.4, 0.5) is 15.9 Å². The topological polar surface area (TPSA) is 86.8 Å². The molecule has 0 radical (unpaired) electrons. The fraction of sp³-hybridized carbons (Fsp3) is 0.208. The van der Waals surface area contributed by atoms with Gasteiger partial charge < -0.3 is 16.0 Å². The molecule has 0 bridgehead atoms. The molecule has 2 aliphatic heterocycles. The van der Waals surface area contributed by atoms with Crippen LogP contribution in [-0.2, 0) is 6.42 Å². The number of benzene rings is 2. The Labute approximate surface area is 185 Å². The summed E-state index contributed by atoms with van der Waals surface area (Å²) in [5.41, 5.74) is 11.2. The van der Waals surface area contributed by atoms with E-state index in [1.54, 1.807) is 18.5 Å². The van der Waals surface area contributed by atoms with Crippen molar-refractivity contribution < 1.29 is 9.18 Å². The number of halogens is 1. The maximum Gasteiger partial charge on any atom is 0.251 e. The third-order valence-electron chi connectivity index (χ3n) is 5.88. The number of aromatic nitrogens is 1. The number of nitrogen functional groups attached to an aromatic ring is 1. The van der Waals surface area contributed by atoms with Gasteiger partial charge in [-0.05, 0) is 47.4 Å². The lowest BCUT2D eigenvalue weighted by Gasteiger charge is -2.27. The third kappa shape index (κ3) is 3.64. The first-order chi connectivity index (χ1) is 15.5. The van der Waals surface area contributed by atoms with E-state index in [0.29, 0.717) is 28.8 Å². The van der Waals surface area contributed by atoms with Crippen molar-refractivity contribution in [1.82, 2.24) is 15.2 Å². The van der Waals surface area contributed by atoms with Gasteiger partial charge in [0.2, 0.25) is 5.95 Å². The summed E-state index contributed by atoms with van der Waals surface area (Å²) in [6.07, 6.45) is 2.53. The van der Waals surface area contributed by atoms with Crippen molar-refractivity contribution in [3.8, 4) is 22.3 Å². The van der Waals surface area contributed by atoms with E-state index in [2.05, 4.69) is 15.4 Å². The van der Waals surface area contributed by atoms with Crippen LogP contribution in [-0.4, -0.2) is 48.8 Å². The van der Waals surface area contributed by atoms with Crippen molar-refractivity contribution in [2.24, 2.45) is 5.10 Å². The molecule has 5 rings (SSSR count). The molecule has 162 valence electrons. The second-order valence-corrected chi connectivity index (χ2v) is 8.02. The maximum atomic E-state index is 14.8. The van der Waals surface area contributed by atoms with E-state index in [1.807, 2.05) is 53.4 Å². The van der Waals surface area contributed by atoms with Gasteiger partial charge in [0.25, 0.3) is 5.91 Å². The standard InChI is InChI=1S/C24H23FN6O/c1-30-10-11-31(28-14-30)18-5-2-15(3-6-18)20-13-21(23(26)29-22(20)25)16-4-7-19-17(12-16)8-9-27-24(19)32/h2-7,12-14H,8-11H2,1H3,(H2,26,29)(H,27,32). The average molecular weight is 430 g/mol. The minimum Gasteiger partial charge on any atom is -0.383 e. The van der Waals surface area contributed by atoms with Gasteiger partial charge >= 0.3 is 0 Å². The molecule has 1 aromatic heterocycles. The number of carbonyl (C=O) groups excluding carboxylic acids is 1. The molecule has 0 spiro atoms. The van der Waals surface area contributed by atoms with Crippen molar-refractivity contribution in [3.63, 3.8) is 0 Å². The van der Waals surface area contributed by atoms with E-state index in [1.165, 1.54) is 0 Å². The highest BCUT2D eigenvalue weighted by Crippen LogP contribution is 2.34. The van der Waals surface area contributed by atoms with Crippen LogP contribution < -0.4 is 16.1 Å². The summed E-state index contributed by atoms with van der Waals surface area (Å²) in [5.74, 6) is -0.572. The molecular formula is C24H23FN6O. The lowest BCUT2D eigenvalue weighted by atomic mass is 9.94. The number of amides is 1. The Morgan fingerprint density at radius 3 is 2.53 bits per heavy atom. The number of nitrogens with one attached hydrogen (secondary N) is 1. The lowest BCUT2D eigenvalue weighted by Crippen LogP contribution is -2.35. The van der Waals surface area contributed by atoms with E-state index >= 15 is 0 Å². The number of rotatable bonds is 3. The van der Waals surface area contributed by atoms with Crippen molar-refractivity contribution in [1.29, 1.82) is 0 Å². The Morgan fingerprint density at radius 2 is 1.78 bits per heavy atom. The number of pyridine rings is 1. The van der Waals surface area contributed by atoms with Gasteiger partial charge in [-0.15, -0.1) is 0 Å². The van der Waals surface area contributed by atoms with Gasteiger partial charge in [-0.25, -0.2) is 4.98 Å². The SMILES string of the molecule is CN1C=NN(c2ccc(-c3cc(-c4ccc5c(c4)CCNC5=O)c(N)nc3F)cc2)CC1. The Morgan fingerprint density at radius 1 is 1.00 bits per heavy atom. The molecule has 0 saturated carbocycles. The highest BCUT2D eigenvalue weighted by atomic mass is 19.1. The predicted octanol–water partition coefficient (Wildman–Crippen LogP) is 3.12. The van der Waals surface area contributed by atoms with Gasteiger partial charge in [0.05, 0.1) is 12.2 Å². The minimum absolute atomic E-state index is 0.0755. The summed E-state index contributed by atoms with van der Waals surface area (Å²) in [5, 5.41) is 9.16. The molecule has 0 atom stereocenters. The summed E-state index contributed by atoms with van der Waals surface area (Å²) in [4.78, 5) is 18.0. The van der Waals surface area contributed by atoms with Gasteiger partial charge in [0.15, 0.2) is 0 Å². The van der Waals surface area contributed by atoms with Gasteiger partial charge in [0.1, 0.15) is 12.2 Å². The van der Waals surface area contributed by atoms with Crippen LogP contribution in [0.25, 0.3) is 22.3 Å². The van der Waals surface area contributed by atoms with E-state index in [4.69, 9.17) is 5.73 Å². The maximum absolute atomic E-state index is 14.8. The first-order valence-corrected chi connectivity index (χ1v) is 10.5. The molecule has 3 aromatic rings. The Hall–Kier alpha value is -3.94. The Balaban J connectivity index is 1.49. The molecule has 0 aliphatic carbocycles. The second kappa shape index (κ2) is 7.96. The number of nitrogens with two attached hydrogens (primary N) is 1. The molecule has 32 heavy (non-hydrogen) atoms. The van der Waals surface area contributed by atoms with Crippen LogP contribution in [0.2, 0.25) is 0 Å². The van der Waals surface area contributed by atoms with E-state index in [0.717, 1.165) is 36.3 Å². The van der Waals surface area contributed by atoms with Crippen LogP contribution in [0.5, 0.6) is 0 Å². The monoisotopic (exact) mass is 430 g/mol. The zero-order chi connectivity index (χ0) is 22.2. The number of nitrogens with zero attached hydrogens (tertiary/aromatic N) is 4. The molecule has 1 amide bonds. The summed E-state index contributed by atoms with van der Waals surface area (Å²) >= 11 is 0. The number of carbonyl (C=O) groups is 1. The average Bonchev–Trinajstić information content (AvgIpc) is 2.80.